The van der Waals surface area contributed by atoms with Crippen molar-refractivity contribution >= 4 is 5.78 Å². The summed E-state index contributed by atoms with van der Waals surface area (Å²) in [6, 6.07) is 0. The minimum absolute atomic E-state index is 0. The number of likely N-dealkylation sites (N-methyl/N-ethyl adjacent to an activating group) is 1. The Morgan fingerprint density at radius 2 is 2.00 bits per heavy atom. The molecule has 0 heterocycles. The van der Waals surface area contributed by atoms with Crippen LogP contribution in [0.15, 0.2) is 12.2 Å². The van der Waals surface area contributed by atoms with Crippen molar-refractivity contribution in [3.05, 3.63) is 12.2 Å². The Hall–Kier alpha value is -0.750. The van der Waals surface area contributed by atoms with Gasteiger partial charge in [0.15, 0.2) is 0 Å². The van der Waals surface area contributed by atoms with Gasteiger partial charge in [-0.2, -0.15) is 0 Å². The maximum atomic E-state index is 11.4. The van der Waals surface area contributed by atoms with Crippen molar-refractivity contribution in [1.82, 2.24) is 0 Å². The van der Waals surface area contributed by atoms with Crippen LogP contribution in [0, 0.1) is 0 Å². The SMILES string of the molecule is C=C(C)C(=O)C[N+](C)(C)CCCON.[OH-]. The normalized spacial score (nSPS) is 10.7. The summed E-state index contributed by atoms with van der Waals surface area (Å²) in [5.41, 5.74) is 0.617. The van der Waals surface area contributed by atoms with E-state index in [4.69, 9.17) is 5.90 Å². The monoisotopic (exact) mass is 218 g/mol. The molecular formula is C10H22N2O3. The maximum absolute atomic E-state index is 11.4. The molecule has 0 aromatic carbocycles. The van der Waals surface area contributed by atoms with E-state index in [1.54, 1.807) is 6.92 Å². The highest BCUT2D eigenvalue weighted by molar-refractivity contribution is 5.95. The molecule has 0 aromatic heterocycles. The molecule has 0 bridgehead atoms. The van der Waals surface area contributed by atoms with Crippen LogP contribution in [0.25, 0.3) is 0 Å². The van der Waals surface area contributed by atoms with Gasteiger partial charge in [-0.15, -0.1) is 0 Å². The number of ketones is 1. The lowest BCUT2D eigenvalue weighted by molar-refractivity contribution is -0.882. The topological polar surface area (TPSA) is 82.3 Å². The van der Waals surface area contributed by atoms with E-state index >= 15 is 0 Å². The van der Waals surface area contributed by atoms with Gasteiger partial charge < -0.3 is 14.8 Å². The number of hydrogen-bond donors (Lipinski definition) is 1. The van der Waals surface area contributed by atoms with Gasteiger partial charge in [0.05, 0.1) is 27.2 Å². The van der Waals surface area contributed by atoms with Crippen LogP contribution in [-0.4, -0.2) is 49.5 Å². The lowest BCUT2D eigenvalue weighted by atomic mass is 10.2. The minimum atomic E-state index is 0. The molecule has 0 aromatic rings. The second-order valence-electron chi connectivity index (χ2n) is 4.25. The van der Waals surface area contributed by atoms with Crippen LogP contribution in [0.5, 0.6) is 0 Å². The number of nitrogens with two attached hydrogens (primary N) is 1. The molecule has 0 saturated heterocycles. The molecule has 0 spiro atoms. The standard InChI is InChI=1S/C10H21N2O2.H2O/c1-9(2)10(13)8-12(3,4)6-5-7-14-11;/h1,5-8,11H2,2-4H3;1H2/q+1;/p-1. The lowest BCUT2D eigenvalue weighted by Crippen LogP contribution is -2.45. The van der Waals surface area contributed by atoms with E-state index in [2.05, 4.69) is 11.4 Å². The summed E-state index contributed by atoms with van der Waals surface area (Å²) in [7, 11) is 4.02. The van der Waals surface area contributed by atoms with Crippen molar-refractivity contribution < 1.29 is 19.6 Å². The van der Waals surface area contributed by atoms with E-state index in [1.807, 2.05) is 14.1 Å². The fraction of sp³-hybridized carbons (Fsp3) is 0.700. The van der Waals surface area contributed by atoms with Crippen molar-refractivity contribution in [2.45, 2.75) is 13.3 Å². The number of quaternary nitrogens is 1. The fourth-order valence-corrected chi connectivity index (χ4v) is 1.18. The van der Waals surface area contributed by atoms with Crippen molar-refractivity contribution in [1.29, 1.82) is 0 Å². The van der Waals surface area contributed by atoms with E-state index in [9.17, 15) is 4.79 Å². The van der Waals surface area contributed by atoms with Gasteiger partial charge >= 0.3 is 0 Å². The minimum Gasteiger partial charge on any atom is -0.870 e. The second-order valence-corrected chi connectivity index (χ2v) is 4.25. The van der Waals surface area contributed by atoms with Gasteiger partial charge in [-0.25, -0.2) is 5.90 Å². The zero-order chi connectivity index (χ0) is 11.2. The predicted molar refractivity (Wildman–Crippen MR) is 58.4 cm³/mol. The van der Waals surface area contributed by atoms with Gasteiger partial charge in [-0.05, 0) is 12.5 Å². The summed E-state index contributed by atoms with van der Waals surface area (Å²) in [5, 5.41) is 0. The molecule has 0 saturated carbocycles. The third-order valence-electron chi connectivity index (χ3n) is 2.07. The molecule has 15 heavy (non-hydrogen) atoms. The molecule has 3 N–H and O–H groups in total. The van der Waals surface area contributed by atoms with Gasteiger partial charge in [-0.1, -0.05) is 6.58 Å². The number of carbonyl (C=O) groups excluding carboxylic acids is 1. The van der Waals surface area contributed by atoms with Gasteiger partial charge in [0.2, 0.25) is 5.78 Å². The van der Waals surface area contributed by atoms with Crippen LogP contribution < -0.4 is 5.90 Å². The molecule has 90 valence electrons. The van der Waals surface area contributed by atoms with E-state index in [0.717, 1.165) is 13.0 Å². The van der Waals surface area contributed by atoms with E-state index < -0.39 is 0 Å². The number of carbonyl (C=O) groups is 1. The molecule has 0 aliphatic rings. The summed E-state index contributed by atoms with van der Waals surface area (Å²) in [5.74, 6) is 5.03. The third kappa shape index (κ3) is 8.26. The second kappa shape index (κ2) is 7.53. The molecule has 5 heteroatoms. The largest absolute Gasteiger partial charge is 0.870 e. The average molecular weight is 218 g/mol. The predicted octanol–water partition coefficient (Wildman–Crippen LogP) is 0.312. The molecule has 0 rings (SSSR count). The molecular weight excluding hydrogens is 196 g/mol. The highest BCUT2D eigenvalue weighted by Crippen LogP contribution is 2.02. The number of Topliss-reactive ketones (excluding diaryl/α,β-unsaturated/α-hetero) is 1. The smallest absolute Gasteiger partial charge is 0.212 e. The van der Waals surface area contributed by atoms with Gasteiger partial charge in [0.1, 0.15) is 6.54 Å². The molecule has 5 nitrogen and oxygen atoms in total. The summed E-state index contributed by atoms with van der Waals surface area (Å²) >= 11 is 0. The van der Waals surface area contributed by atoms with Gasteiger partial charge in [0, 0.05) is 6.42 Å². The Morgan fingerprint density at radius 3 is 2.40 bits per heavy atom. The van der Waals surface area contributed by atoms with E-state index in [-0.39, 0.29) is 11.3 Å². The zero-order valence-electron chi connectivity index (χ0n) is 9.82. The van der Waals surface area contributed by atoms with E-state index in [0.29, 0.717) is 23.2 Å². The van der Waals surface area contributed by atoms with Crippen LogP contribution in [0.3, 0.4) is 0 Å². The van der Waals surface area contributed by atoms with Crippen molar-refractivity contribution in [3.8, 4) is 0 Å². The highest BCUT2D eigenvalue weighted by atomic mass is 16.6. The first-order chi connectivity index (χ1) is 6.39. The summed E-state index contributed by atoms with van der Waals surface area (Å²) < 4.78 is 0.648. The zero-order valence-corrected chi connectivity index (χ0v) is 9.82. The molecule has 0 atom stereocenters. The quantitative estimate of drug-likeness (QED) is 0.288. The first kappa shape index (κ1) is 16.7. The Balaban J connectivity index is 0. The Morgan fingerprint density at radius 1 is 1.47 bits per heavy atom. The van der Waals surface area contributed by atoms with Gasteiger partial charge in [-0.3, -0.25) is 4.79 Å². The van der Waals surface area contributed by atoms with Crippen LogP contribution in [-0.2, 0) is 9.63 Å². The summed E-state index contributed by atoms with van der Waals surface area (Å²) in [4.78, 5) is 15.9. The first-order valence-corrected chi connectivity index (χ1v) is 4.71. The number of hydrogen-bond acceptors (Lipinski definition) is 4. The fourth-order valence-electron chi connectivity index (χ4n) is 1.18. The molecule has 0 unspecified atom stereocenters. The van der Waals surface area contributed by atoms with Gasteiger partial charge in [0.25, 0.3) is 0 Å². The highest BCUT2D eigenvalue weighted by Gasteiger charge is 2.19. The molecule has 0 aliphatic carbocycles. The Kier molecular flexibility index (Phi) is 8.37. The summed E-state index contributed by atoms with van der Waals surface area (Å²) in [6.07, 6.45) is 0.854. The Bertz CT molecular complexity index is 215. The van der Waals surface area contributed by atoms with Crippen LogP contribution in [0.2, 0.25) is 0 Å². The van der Waals surface area contributed by atoms with Crippen molar-refractivity contribution in [2.75, 3.05) is 33.8 Å². The molecule has 0 aliphatic heterocycles. The molecule has 0 fully saturated rings. The van der Waals surface area contributed by atoms with Crippen molar-refractivity contribution in [2.24, 2.45) is 5.90 Å². The first-order valence-electron chi connectivity index (χ1n) is 4.71. The lowest BCUT2D eigenvalue weighted by Gasteiger charge is -2.28. The molecule has 0 amide bonds. The maximum Gasteiger partial charge on any atom is 0.212 e. The number of rotatable bonds is 7. The van der Waals surface area contributed by atoms with Crippen LogP contribution >= 0.6 is 0 Å². The van der Waals surface area contributed by atoms with E-state index in [1.165, 1.54) is 0 Å². The Labute approximate surface area is 91.4 Å². The molecule has 0 radical (unpaired) electrons. The average Bonchev–Trinajstić information content (AvgIpc) is 2.03. The van der Waals surface area contributed by atoms with Crippen LogP contribution in [0.1, 0.15) is 13.3 Å². The van der Waals surface area contributed by atoms with Crippen molar-refractivity contribution in [3.63, 3.8) is 0 Å². The number of nitrogens with zero attached hydrogens (tertiary/aromatic N) is 1. The third-order valence-corrected chi connectivity index (χ3v) is 2.07. The van der Waals surface area contributed by atoms with Crippen LogP contribution in [0.4, 0.5) is 0 Å². The summed E-state index contributed by atoms with van der Waals surface area (Å²) in [6.45, 7) is 7.26.